The lowest BCUT2D eigenvalue weighted by Gasteiger charge is -2.22. The minimum atomic E-state index is -1.08. The molecule has 0 aliphatic rings. The normalized spacial score (nSPS) is 14.3. The summed E-state index contributed by atoms with van der Waals surface area (Å²) in [6.07, 6.45) is -0.745. The molecule has 3 unspecified atom stereocenters. The van der Waals surface area contributed by atoms with Gasteiger partial charge in [0.2, 0.25) is 0 Å². The van der Waals surface area contributed by atoms with Crippen molar-refractivity contribution in [3.63, 3.8) is 0 Å². The van der Waals surface area contributed by atoms with Gasteiger partial charge in [0.25, 0.3) is 0 Å². The van der Waals surface area contributed by atoms with Crippen LogP contribution in [0.3, 0.4) is 0 Å². The number of carbonyl (C=O) groups is 2. The number of aliphatic hydroxyl groups excluding tert-OH is 1. The Morgan fingerprint density at radius 1 is 0.967 bits per heavy atom. The minimum absolute atomic E-state index is 0.151. The summed E-state index contributed by atoms with van der Waals surface area (Å²) in [5.74, 6) is -0.0367. The van der Waals surface area contributed by atoms with Crippen LogP contribution in [0.25, 0.3) is 0 Å². The maximum Gasteiger partial charge on any atom is 0.338 e. The van der Waals surface area contributed by atoms with Crippen LogP contribution in [0, 0.1) is 17.8 Å². The summed E-state index contributed by atoms with van der Waals surface area (Å²) in [6.45, 7) is 11.8. The molecule has 0 aromatic heterocycles. The highest BCUT2D eigenvalue weighted by Crippen LogP contribution is 2.22. The van der Waals surface area contributed by atoms with Crippen LogP contribution in [0.15, 0.2) is 24.3 Å². The molecule has 0 spiro atoms. The van der Waals surface area contributed by atoms with Gasteiger partial charge in [0.15, 0.2) is 6.29 Å². The van der Waals surface area contributed by atoms with Crippen molar-refractivity contribution in [2.45, 2.75) is 60.4 Å². The number of hydrogen-bond donors (Lipinski definition) is 1. The van der Waals surface area contributed by atoms with Gasteiger partial charge in [0.05, 0.1) is 11.5 Å². The van der Waals surface area contributed by atoms with E-state index < -0.39 is 12.1 Å². The highest BCUT2D eigenvalue weighted by Gasteiger charge is 2.25. The van der Waals surface area contributed by atoms with E-state index in [2.05, 4.69) is 13.8 Å². The fourth-order valence-electron chi connectivity index (χ4n) is 2.87. The molecule has 0 saturated heterocycles. The first-order valence-electron chi connectivity index (χ1n) is 10.5. The second-order valence-electron chi connectivity index (χ2n) is 8.03. The number of rotatable bonds is 13. The summed E-state index contributed by atoms with van der Waals surface area (Å²) in [5, 5.41) is 10.0. The molecule has 170 valence electrons. The Morgan fingerprint density at radius 3 is 2.10 bits per heavy atom. The van der Waals surface area contributed by atoms with Gasteiger partial charge >= 0.3 is 11.9 Å². The molecular weight excluding hydrogens is 388 g/mol. The molecule has 1 N–H and O–H groups in total. The van der Waals surface area contributed by atoms with Crippen LogP contribution in [0.4, 0.5) is 0 Å². The molecule has 7 heteroatoms. The van der Waals surface area contributed by atoms with E-state index >= 15 is 0 Å². The zero-order valence-electron chi connectivity index (χ0n) is 18.9. The molecule has 3 atom stereocenters. The number of ether oxygens (including phenoxy) is 4. The van der Waals surface area contributed by atoms with E-state index in [0.29, 0.717) is 23.8 Å². The van der Waals surface area contributed by atoms with Gasteiger partial charge in [-0.1, -0.05) is 27.7 Å². The van der Waals surface area contributed by atoms with Crippen LogP contribution in [0.5, 0.6) is 5.75 Å². The number of hydrogen-bond acceptors (Lipinski definition) is 7. The SMILES string of the molecule is CCOC(C)Oc1ccc(C(=O)OCC(O)COC(=O)C(CC(C)C)C(C)C)cc1. The lowest BCUT2D eigenvalue weighted by Crippen LogP contribution is -2.30. The third kappa shape index (κ3) is 9.59. The largest absolute Gasteiger partial charge is 0.465 e. The topological polar surface area (TPSA) is 91.3 Å². The molecule has 30 heavy (non-hydrogen) atoms. The van der Waals surface area contributed by atoms with E-state index in [0.717, 1.165) is 6.42 Å². The Hall–Kier alpha value is -2.12. The number of benzene rings is 1. The van der Waals surface area contributed by atoms with Gasteiger partial charge < -0.3 is 24.1 Å². The summed E-state index contributed by atoms with van der Waals surface area (Å²) in [4.78, 5) is 24.4. The molecule has 0 radical (unpaired) electrons. The van der Waals surface area contributed by atoms with Gasteiger partial charge in [-0.2, -0.15) is 0 Å². The third-order valence-corrected chi connectivity index (χ3v) is 4.45. The standard InChI is InChI=1S/C23H36O7/c1-7-27-17(6)30-20-10-8-18(9-11-20)22(25)28-13-19(24)14-29-23(26)21(16(4)5)12-15(2)3/h8-11,15-17,19,21,24H,7,12-14H2,1-6H3. The molecule has 0 amide bonds. The highest BCUT2D eigenvalue weighted by atomic mass is 16.7. The van der Waals surface area contributed by atoms with E-state index in [1.54, 1.807) is 31.2 Å². The molecule has 7 nitrogen and oxygen atoms in total. The Balaban J connectivity index is 2.44. The van der Waals surface area contributed by atoms with Gasteiger partial charge in [-0.05, 0) is 56.4 Å². The summed E-state index contributed by atoms with van der Waals surface area (Å²) < 4.78 is 21.2. The molecule has 0 aliphatic heterocycles. The quantitative estimate of drug-likeness (QED) is 0.380. The van der Waals surface area contributed by atoms with Crippen LogP contribution in [-0.2, 0) is 19.0 Å². The van der Waals surface area contributed by atoms with Crippen molar-refractivity contribution in [2.75, 3.05) is 19.8 Å². The molecule has 0 aliphatic carbocycles. The van der Waals surface area contributed by atoms with Crippen LogP contribution >= 0.6 is 0 Å². The molecule has 0 saturated carbocycles. The molecule has 0 fully saturated rings. The van der Waals surface area contributed by atoms with E-state index in [1.807, 2.05) is 20.8 Å². The first-order chi connectivity index (χ1) is 14.1. The zero-order chi connectivity index (χ0) is 22.7. The average Bonchev–Trinajstić information content (AvgIpc) is 2.68. The van der Waals surface area contributed by atoms with Crippen molar-refractivity contribution in [3.8, 4) is 5.75 Å². The number of carbonyl (C=O) groups excluding carboxylic acids is 2. The lowest BCUT2D eigenvalue weighted by molar-refractivity contribution is -0.154. The molecule has 0 bridgehead atoms. The molecule has 1 aromatic carbocycles. The highest BCUT2D eigenvalue weighted by molar-refractivity contribution is 5.89. The number of aliphatic hydroxyl groups is 1. The first kappa shape index (κ1) is 25.9. The molecular formula is C23H36O7. The van der Waals surface area contributed by atoms with E-state index in [4.69, 9.17) is 18.9 Å². The van der Waals surface area contributed by atoms with Gasteiger partial charge in [0.1, 0.15) is 25.1 Å². The summed E-state index contributed by atoms with van der Waals surface area (Å²) >= 11 is 0. The first-order valence-corrected chi connectivity index (χ1v) is 10.5. The molecule has 1 rings (SSSR count). The van der Waals surface area contributed by atoms with Gasteiger partial charge in [-0.3, -0.25) is 4.79 Å². The Labute approximate surface area is 179 Å². The third-order valence-electron chi connectivity index (χ3n) is 4.45. The Bertz CT molecular complexity index is 639. The second kappa shape index (κ2) is 13.2. The minimum Gasteiger partial charge on any atom is -0.465 e. The van der Waals surface area contributed by atoms with E-state index in [-0.39, 0.29) is 37.3 Å². The zero-order valence-corrected chi connectivity index (χ0v) is 18.9. The van der Waals surface area contributed by atoms with Crippen molar-refractivity contribution in [1.29, 1.82) is 0 Å². The van der Waals surface area contributed by atoms with Crippen molar-refractivity contribution < 1.29 is 33.6 Å². The predicted octanol–water partition coefficient (Wildman–Crippen LogP) is 3.83. The van der Waals surface area contributed by atoms with Crippen LogP contribution in [0.1, 0.15) is 58.3 Å². The molecule has 0 heterocycles. The maximum atomic E-state index is 12.3. The van der Waals surface area contributed by atoms with Crippen LogP contribution in [0.2, 0.25) is 0 Å². The van der Waals surface area contributed by atoms with Gasteiger partial charge in [-0.25, -0.2) is 4.79 Å². The summed E-state index contributed by atoms with van der Waals surface area (Å²) in [5.41, 5.74) is 0.326. The number of esters is 2. The summed E-state index contributed by atoms with van der Waals surface area (Å²) in [6, 6.07) is 6.43. The average molecular weight is 425 g/mol. The summed E-state index contributed by atoms with van der Waals surface area (Å²) in [7, 11) is 0. The monoisotopic (exact) mass is 424 g/mol. The Kier molecular flexibility index (Phi) is 11.4. The van der Waals surface area contributed by atoms with Crippen molar-refractivity contribution >= 4 is 11.9 Å². The van der Waals surface area contributed by atoms with Gasteiger partial charge in [0, 0.05) is 6.61 Å². The predicted molar refractivity (Wildman–Crippen MR) is 113 cm³/mol. The van der Waals surface area contributed by atoms with E-state index in [9.17, 15) is 14.7 Å². The Morgan fingerprint density at radius 2 is 1.57 bits per heavy atom. The van der Waals surface area contributed by atoms with Crippen LogP contribution in [-0.4, -0.2) is 49.3 Å². The fraction of sp³-hybridized carbons (Fsp3) is 0.652. The smallest absolute Gasteiger partial charge is 0.338 e. The van der Waals surface area contributed by atoms with Crippen molar-refractivity contribution in [1.82, 2.24) is 0 Å². The second-order valence-corrected chi connectivity index (χ2v) is 8.03. The fourth-order valence-corrected chi connectivity index (χ4v) is 2.87. The van der Waals surface area contributed by atoms with Crippen molar-refractivity contribution in [3.05, 3.63) is 29.8 Å². The lowest BCUT2D eigenvalue weighted by atomic mass is 9.88. The van der Waals surface area contributed by atoms with Crippen molar-refractivity contribution in [2.24, 2.45) is 17.8 Å². The maximum absolute atomic E-state index is 12.3. The molecule has 1 aromatic rings. The van der Waals surface area contributed by atoms with Crippen LogP contribution < -0.4 is 4.74 Å². The van der Waals surface area contributed by atoms with E-state index in [1.165, 1.54) is 0 Å². The van der Waals surface area contributed by atoms with Gasteiger partial charge in [-0.15, -0.1) is 0 Å².